The van der Waals surface area contributed by atoms with Gasteiger partial charge in [-0.25, -0.2) is 8.42 Å². The molecule has 0 saturated carbocycles. The molecular weight excluding hydrogens is 633 g/mol. The van der Waals surface area contributed by atoms with Crippen LogP contribution in [0.1, 0.15) is 45.2 Å². The van der Waals surface area contributed by atoms with Gasteiger partial charge in [0.15, 0.2) is 0 Å². The van der Waals surface area contributed by atoms with Gasteiger partial charge < -0.3 is 15.0 Å². The Hall–Kier alpha value is -2.98. The van der Waals surface area contributed by atoms with Gasteiger partial charge in [-0.15, -0.1) is 0 Å². The SMILES string of the molecule is CC[C@H](C(=O)NC(C)(C)C)N(Cc1c(Cl)cccc1Cl)C(=O)CN(c1ccc(OC)c(Cl)c1)S(=O)(=O)c1ccc(C)cc1. The number of aryl methyl sites for hydroxylation is 1. The molecule has 2 amide bonds. The summed E-state index contributed by atoms with van der Waals surface area (Å²) in [7, 11) is -2.83. The number of rotatable bonds is 11. The average molecular weight is 669 g/mol. The van der Waals surface area contributed by atoms with Crippen LogP contribution in [0, 0.1) is 6.92 Å². The summed E-state index contributed by atoms with van der Waals surface area (Å²) in [6, 6.07) is 14.7. The smallest absolute Gasteiger partial charge is 0.264 e. The lowest BCUT2D eigenvalue weighted by atomic mass is 10.1. The van der Waals surface area contributed by atoms with Gasteiger partial charge in [0.1, 0.15) is 18.3 Å². The van der Waals surface area contributed by atoms with Crippen molar-refractivity contribution in [2.75, 3.05) is 18.0 Å². The summed E-state index contributed by atoms with van der Waals surface area (Å²) in [6.45, 7) is 8.33. The number of nitrogens with one attached hydrogen (secondary N) is 1. The number of halogens is 3. The maximum atomic E-state index is 14.3. The Morgan fingerprint density at radius 3 is 2.07 bits per heavy atom. The van der Waals surface area contributed by atoms with Crippen molar-refractivity contribution in [3.05, 3.63) is 86.9 Å². The van der Waals surface area contributed by atoms with Crippen molar-refractivity contribution in [3.8, 4) is 5.75 Å². The van der Waals surface area contributed by atoms with Crippen LogP contribution < -0.4 is 14.4 Å². The number of anilines is 1. The van der Waals surface area contributed by atoms with Crippen molar-refractivity contribution < 1.29 is 22.7 Å². The molecule has 0 fully saturated rings. The second-order valence-electron chi connectivity index (χ2n) is 11.0. The molecule has 3 rings (SSSR count). The first-order valence-corrected chi connectivity index (χ1v) is 16.1. The maximum Gasteiger partial charge on any atom is 0.264 e. The van der Waals surface area contributed by atoms with Gasteiger partial charge in [0, 0.05) is 27.7 Å². The third kappa shape index (κ3) is 8.56. The number of carbonyl (C=O) groups is 2. The first kappa shape index (κ1) is 34.5. The monoisotopic (exact) mass is 667 g/mol. The van der Waals surface area contributed by atoms with E-state index in [0.717, 1.165) is 9.87 Å². The van der Waals surface area contributed by atoms with Crippen LogP contribution in [0.4, 0.5) is 5.69 Å². The van der Waals surface area contributed by atoms with E-state index in [9.17, 15) is 18.0 Å². The Balaban J connectivity index is 2.15. The van der Waals surface area contributed by atoms with Crippen molar-refractivity contribution in [2.24, 2.45) is 0 Å². The quantitative estimate of drug-likeness (QED) is 0.240. The third-order valence-electron chi connectivity index (χ3n) is 6.59. The van der Waals surface area contributed by atoms with Crippen LogP contribution in [0.2, 0.25) is 15.1 Å². The van der Waals surface area contributed by atoms with E-state index in [-0.39, 0.29) is 28.6 Å². The molecule has 0 aromatic heterocycles. The minimum atomic E-state index is -4.27. The van der Waals surface area contributed by atoms with Crippen LogP contribution in [0.15, 0.2) is 65.6 Å². The highest BCUT2D eigenvalue weighted by Crippen LogP contribution is 2.33. The molecule has 0 aliphatic rings. The summed E-state index contributed by atoms with van der Waals surface area (Å²) in [5.41, 5.74) is 0.860. The molecule has 232 valence electrons. The van der Waals surface area contributed by atoms with Crippen molar-refractivity contribution in [1.29, 1.82) is 0 Å². The highest BCUT2D eigenvalue weighted by molar-refractivity contribution is 7.92. The van der Waals surface area contributed by atoms with Crippen molar-refractivity contribution in [2.45, 2.75) is 64.1 Å². The van der Waals surface area contributed by atoms with E-state index in [1.54, 1.807) is 37.3 Å². The Bertz CT molecular complexity index is 1550. The topological polar surface area (TPSA) is 96.0 Å². The zero-order valence-electron chi connectivity index (χ0n) is 24.9. The zero-order chi connectivity index (χ0) is 32.1. The van der Waals surface area contributed by atoms with Crippen LogP contribution >= 0.6 is 34.8 Å². The minimum absolute atomic E-state index is 0.0175. The van der Waals surface area contributed by atoms with Crippen LogP contribution in [0.5, 0.6) is 5.75 Å². The molecule has 0 saturated heterocycles. The van der Waals surface area contributed by atoms with Crippen molar-refractivity contribution >= 4 is 62.3 Å². The average Bonchev–Trinajstić information content (AvgIpc) is 2.92. The third-order valence-corrected chi connectivity index (χ3v) is 9.38. The number of sulfonamides is 1. The number of benzene rings is 3. The standard InChI is InChI=1S/C31H36Cl3N3O5S/c1-7-27(30(39)35-31(3,4)5)36(18-23-24(32)9-8-10-25(23)33)29(38)19-37(21-13-16-28(42-6)26(34)17-21)43(40,41)22-14-11-20(2)12-15-22/h8-17,27H,7,18-19H2,1-6H3,(H,35,39)/t27-/m1/s1. The molecule has 0 radical (unpaired) electrons. The van der Waals surface area contributed by atoms with Crippen molar-refractivity contribution in [1.82, 2.24) is 10.2 Å². The number of ether oxygens (including phenoxy) is 1. The molecule has 0 bridgehead atoms. The number of amides is 2. The molecule has 0 heterocycles. The van der Waals surface area contributed by atoms with E-state index in [1.807, 2.05) is 27.7 Å². The summed E-state index contributed by atoms with van der Waals surface area (Å²) in [5, 5.41) is 3.70. The van der Waals surface area contributed by atoms with Gasteiger partial charge in [-0.3, -0.25) is 13.9 Å². The van der Waals surface area contributed by atoms with E-state index < -0.39 is 40.0 Å². The number of nitrogens with zero attached hydrogens (tertiary/aromatic N) is 2. The van der Waals surface area contributed by atoms with E-state index in [1.165, 1.54) is 42.3 Å². The molecule has 0 spiro atoms. The summed E-state index contributed by atoms with van der Waals surface area (Å²) in [4.78, 5) is 29.0. The lowest BCUT2D eigenvalue weighted by Gasteiger charge is -2.35. The Labute approximate surface area is 268 Å². The second-order valence-corrected chi connectivity index (χ2v) is 14.1. The molecule has 1 atom stereocenters. The molecule has 0 aliphatic carbocycles. The number of hydrogen-bond acceptors (Lipinski definition) is 5. The highest BCUT2D eigenvalue weighted by atomic mass is 35.5. The minimum Gasteiger partial charge on any atom is -0.495 e. The van der Waals surface area contributed by atoms with Crippen LogP contribution in [-0.4, -0.2) is 50.4 Å². The van der Waals surface area contributed by atoms with E-state index >= 15 is 0 Å². The summed E-state index contributed by atoms with van der Waals surface area (Å²) in [6.07, 6.45) is 0.245. The zero-order valence-corrected chi connectivity index (χ0v) is 28.0. The van der Waals surface area contributed by atoms with Gasteiger partial charge in [0.25, 0.3) is 10.0 Å². The molecule has 8 nitrogen and oxygen atoms in total. The van der Waals surface area contributed by atoms with Crippen LogP contribution in [-0.2, 0) is 26.2 Å². The molecular formula is C31H36Cl3N3O5S. The summed E-state index contributed by atoms with van der Waals surface area (Å²) < 4.78 is 34.3. The lowest BCUT2D eigenvalue weighted by molar-refractivity contribution is -0.141. The second kappa shape index (κ2) is 14.2. The Morgan fingerprint density at radius 2 is 1.56 bits per heavy atom. The number of methoxy groups -OCH3 is 1. The van der Waals surface area contributed by atoms with Gasteiger partial charge in [-0.1, -0.05) is 65.5 Å². The first-order valence-electron chi connectivity index (χ1n) is 13.6. The predicted octanol–water partition coefficient (Wildman–Crippen LogP) is 6.88. The van der Waals surface area contributed by atoms with Crippen LogP contribution in [0.3, 0.4) is 0 Å². The van der Waals surface area contributed by atoms with Gasteiger partial charge in [-0.2, -0.15) is 0 Å². The largest absolute Gasteiger partial charge is 0.495 e. The number of carbonyl (C=O) groups excluding carboxylic acids is 2. The van der Waals surface area contributed by atoms with Crippen LogP contribution in [0.25, 0.3) is 0 Å². The molecule has 0 unspecified atom stereocenters. The van der Waals surface area contributed by atoms with E-state index in [4.69, 9.17) is 39.5 Å². The van der Waals surface area contributed by atoms with Crippen molar-refractivity contribution in [3.63, 3.8) is 0 Å². The fourth-order valence-corrected chi connectivity index (χ4v) is 6.58. The summed E-state index contributed by atoms with van der Waals surface area (Å²) in [5.74, 6) is -0.703. The van der Waals surface area contributed by atoms with Gasteiger partial charge in [0.05, 0.1) is 22.7 Å². The maximum absolute atomic E-state index is 14.3. The molecule has 12 heteroatoms. The highest BCUT2D eigenvalue weighted by Gasteiger charge is 2.35. The predicted molar refractivity (Wildman–Crippen MR) is 173 cm³/mol. The summed E-state index contributed by atoms with van der Waals surface area (Å²) >= 11 is 19.3. The fourth-order valence-electron chi connectivity index (χ4n) is 4.40. The molecule has 1 N–H and O–H groups in total. The fraction of sp³-hybridized carbons (Fsp3) is 0.355. The van der Waals surface area contributed by atoms with Gasteiger partial charge in [0.2, 0.25) is 11.8 Å². The first-order chi connectivity index (χ1) is 20.1. The molecule has 0 aliphatic heterocycles. The Kier molecular flexibility index (Phi) is 11.4. The van der Waals surface area contributed by atoms with E-state index in [0.29, 0.717) is 21.4 Å². The molecule has 3 aromatic rings. The molecule has 3 aromatic carbocycles. The van der Waals surface area contributed by atoms with E-state index in [2.05, 4.69) is 5.32 Å². The van der Waals surface area contributed by atoms with Gasteiger partial charge >= 0.3 is 0 Å². The lowest BCUT2D eigenvalue weighted by Crippen LogP contribution is -2.55. The van der Waals surface area contributed by atoms with Gasteiger partial charge in [-0.05, 0) is 76.6 Å². The Morgan fingerprint density at radius 1 is 0.953 bits per heavy atom. The number of hydrogen-bond donors (Lipinski definition) is 1. The normalized spacial score (nSPS) is 12.4. The molecule has 43 heavy (non-hydrogen) atoms.